The molecule has 0 radical (unpaired) electrons. The third-order valence-corrected chi connectivity index (χ3v) is 8.21. The fraction of sp³-hybridized carbons (Fsp3) is 0.464. The summed E-state index contributed by atoms with van der Waals surface area (Å²) >= 11 is 0. The topological polar surface area (TPSA) is 74.4 Å². The number of benzene rings is 1. The van der Waals surface area contributed by atoms with Gasteiger partial charge < -0.3 is 14.4 Å². The number of pyridine rings is 2. The minimum Gasteiger partial charge on any atom is -0.490 e. The zero-order valence-corrected chi connectivity index (χ0v) is 21.0. The van der Waals surface area contributed by atoms with E-state index in [0.717, 1.165) is 36.8 Å². The Hall–Kier alpha value is -3.46. The van der Waals surface area contributed by atoms with Crippen LogP contribution in [0.1, 0.15) is 38.5 Å². The van der Waals surface area contributed by atoms with Crippen molar-refractivity contribution in [1.29, 1.82) is 0 Å². The number of rotatable bonds is 6. The number of aromatic nitrogens is 4. The van der Waals surface area contributed by atoms with Crippen molar-refractivity contribution in [2.24, 2.45) is 7.05 Å². The quantitative estimate of drug-likeness (QED) is 0.367. The highest BCUT2D eigenvalue weighted by molar-refractivity contribution is 6.09. The lowest BCUT2D eigenvalue weighted by Crippen LogP contribution is -2.34. The van der Waals surface area contributed by atoms with Crippen molar-refractivity contribution in [3.63, 3.8) is 0 Å². The fourth-order valence-electron chi connectivity index (χ4n) is 5.98. The summed E-state index contributed by atoms with van der Waals surface area (Å²) in [5, 5.41) is 0.674. The van der Waals surface area contributed by atoms with Crippen molar-refractivity contribution >= 4 is 21.9 Å². The first-order valence-electron chi connectivity index (χ1n) is 13.2. The molecule has 4 aromatic rings. The van der Waals surface area contributed by atoms with Gasteiger partial charge in [-0.05, 0) is 51.3 Å². The van der Waals surface area contributed by atoms with Crippen LogP contribution in [0, 0.1) is 5.82 Å². The Kier molecular flexibility index (Phi) is 5.25. The van der Waals surface area contributed by atoms with Crippen molar-refractivity contribution in [3.8, 4) is 22.8 Å². The average Bonchev–Trinajstić information content (AvgIpc) is 3.67. The first-order chi connectivity index (χ1) is 18.1. The summed E-state index contributed by atoms with van der Waals surface area (Å²) in [5.74, 6) is 0.518. The summed E-state index contributed by atoms with van der Waals surface area (Å²) < 4.78 is 31.2. The number of ether oxygens (including phenoxy) is 2. The second kappa shape index (κ2) is 8.55. The van der Waals surface area contributed by atoms with Gasteiger partial charge in [-0.3, -0.25) is 14.1 Å². The number of imidazole rings is 1. The van der Waals surface area contributed by atoms with E-state index in [2.05, 4.69) is 14.9 Å². The summed E-state index contributed by atoms with van der Waals surface area (Å²) in [7, 11) is 1.76. The van der Waals surface area contributed by atoms with E-state index >= 15 is 4.39 Å². The lowest BCUT2D eigenvalue weighted by molar-refractivity contribution is 0.203. The van der Waals surface area contributed by atoms with E-state index in [1.54, 1.807) is 30.1 Å². The summed E-state index contributed by atoms with van der Waals surface area (Å²) in [6.07, 6.45) is 9.84. The molecule has 2 aliphatic heterocycles. The molecule has 9 heteroatoms. The smallest absolute Gasteiger partial charge is 0.329 e. The van der Waals surface area contributed by atoms with Crippen LogP contribution in [0.25, 0.3) is 33.1 Å². The van der Waals surface area contributed by atoms with E-state index in [0.29, 0.717) is 46.9 Å². The maximum Gasteiger partial charge on any atom is 0.329 e. The van der Waals surface area contributed by atoms with Gasteiger partial charge in [0.15, 0.2) is 0 Å². The van der Waals surface area contributed by atoms with Gasteiger partial charge in [-0.1, -0.05) is 6.42 Å². The predicted molar refractivity (Wildman–Crippen MR) is 139 cm³/mol. The van der Waals surface area contributed by atoms with E-state index in [-0.39, 0.29) is 11.2 Å². The van der Waals surface area contributed by atoms with Crippen LogP contribution in [0.15, 0.2) is 35.4 Å². The van der Waals surface area contributed by atoms with Crippen LogP contribution in [0.4, 0.5) is 4.39 Å². The summed E-state index contributed by atoms with van der Waals surface area (Å²) in [6, 6.07) is 5.03. The first-order valence-corrected chi connectivity index (χ1v) is 13.2. The Morgan fingerprint density at radius 1 is 1.14 bits per heavy atom. The van der Waals surface area contributed by atoms with Crippen LogP contribution in [0.3, 0.4) is 0 Å². The van der Waals surface area contributed by atoms with Crippen molar-refractivity contribution < 1.29 is 13.9 Å². The maximum absolute atomic E-state index is 15.6. The normalized spacial score (nSPS) is 18.4. The Morgan fingerprint density at radius 2 is 1.97 bits per heavy atom. The maximum atomic E-state index is 15.6. The molecule has 0 unspecified atom stereocenters. The number of piperidine rings is 1. The van der Waals surface area contributed by atoms with E-state index in [1.165, 1.54) is 38.4 Å². The minimum absolute atomic E-state index is 0.0902. The van der Waals surface area contributed by atoms with Gasteiger partial charge in [-0.25, -0.2) is 14.2 Å². The van der Waals surface area contributed by atoms with Crippen molar-refractivity contribution in [1.82, 2.24) is 24.0 Å². The second-order valence-corrected chi connectivity index (χ2v) is 10.6. The molecule has 3 aromatic heterocycles. The molecule has 7 rings (SSSR count). The Bertz CT molecular complexity index is 1570. The van der Waals surface area contributed by atoms with Gasteiger partial charge in [0.1, 0.15) is 18.2 Å². The molecule has 1 aliphatic carbocycles. The molecule has 1 spiro atoms. The molecule has 3 aliphatic rings. The van der Waals surface area contributed by atoms with Gasteiger partial charge >= 0.3 is 5.69 Å². The van der Waals surface area contributed by atoms with E-state index in [9.17, 15) is 4.79 Å². The van der Waals surface area contributed by atoms with Crippen molar-refractivity contribution in [2.45, 2.75) is 44.1 Å². The molecule has 1 saturated carbocycles. The monoisotopic (exact) mass is 503 g/mol. The highest BCUT2D eigenvalue weighted by Crippen LogP contribution is 2.51. The largest absolute Gasteiger partial charge is 0.490 e. The lowest BCUT2D eigenvalue weighted by atomic mass is 10.0. The molecule has 5 heterocycles. The van der Waals surface area contributed by atoms with Crippen LogP contribution in [-0.4, -0.2) is 56.9 Å². The molecule has 0 amide bonds. The minimum atomic E-state index is -0.428. The van der Waals surface area contributed by atoms with Crippen LogP contribution in [0.5, 0.6) is 11.6 Å². The van der Waals surface area contributed by atoms with E-state index < -0.39 is 5.82 Å². The molecule has 192 valence electrons. The number of nitrogens with zero attached hydrogens (tertiary/aromatic N) is 5. The van der Waals surface area contributed by atoms with Crippen LogP contribution in [0.2, 0.25) is 0 Å². The SMILES string of the molecule is Cn1c(=O)n2c3c4c(c(-c5ccc(OCCCN6CCCCC6)nc5)c(F)cc4ncc31)OCC21CC1. The molecule has 8 nitrogen and oxygen atoms in total. The summed E-state index contributed by atoms with van der Waals surface area (Å²) in [4.78, 5) is 24.6. The first kappa shape index (κ1) is 22.7. The third-order valence-electron chi connectivity index (χ3n) is 8.21. The van der Waals surface area contributed by atoms with Crippen molar-refractivity contribution in [2.75, 3.05) is 32.8 Å². The molecule has 1 aromatic carbocycles. The molecule has 2 fully saturated rings. The number of hydrogen-bond acceptors (Lipinski definition) is 6. The Balaban J connectivity index is 1.22. The number of likely N-dealkylation sites (tertiary alicyclic amines) is 1. The van der Waals surface area contributed by atoms with Crippen LogP contribution >= 0.6 is 0 Å². The number of fused-ring (bicyclic) bond motifs is 1. The highest BCUT2D eigenvalue weighted by atomic mass is 19.1. The molecular weight excluding hydrogens is 473 g/mol. The van der Waals surface area contributed by atoms with Crippen molar-refractivity contribution in [3.05, 3.63) is 46.9 Å². The number of halogens is 1. The number of aryl methyl sites for hydroxylation is 1. The van der Waals surface area contributed by atoms with Gasteiger partial charge in [0, 0.05) is 37.5 Å². The van der Waals surface area contributed by atoms with Gasteiger partial charge in [0.25, 0.3) is 0 Å². The van der Waals surface area contributed by atoms with E-state index in [1.807, 2.05) is 10.6 Å². The zero-order valence-electron chi connectivity index (χ0n) is 21.0. The van der Waals surface area contributed by atoms with Gasteiger partial charge in [0.05, 0.1) is 45.8 Å². The summed E-state index contributed by atoms with van der Waals surface area (Å²) in [5.41, 5.74) is 2.43. The number of hydrogen-bond donors (Lipinski definition) is 0. The molecule has 37 heavy (non-hydrogen) atoms. The van der Waals surface area contributed by atoms with Gasteiger partial charge in [-0.15, -0.1) is 0 Å². The Morgan fingerprint density at radius 3 is 2.73 bits per heavy atom. The Labute approximate surface area is 213 Å². The standard InChI is InChI=1S/C28H30FN5O3/c1-32-21-16-30-20-14-19(29)23(26-24(20)25(21)34(27(32)35)28(8-9-28)17-37-26)18-6-7-22(31-15-18)36-13-5-12-33-10-3-2-4-11-33/h6-7,14-16H,2-5,8-13,17H2,1H3. The van der Waals surface area contributed by atoms with Crippen LogP contribution in [-0.2, 0) is 12.6 Å². The molecule has 0 atom stereocenters. The fourth-order valence-corrected chi connectivity index (χ4v) is 5.98. The molecule has 0 N–H and O–H groups in total. The van der Waals surface area contributed by atoms with Gasteiger partial charge in [-0.2, -0.15) is 0 Å². The van der Waals surface area contributed by atoms with E-state index in [4.69, 9.17) is 9.47 Å². The molecular formula is C28H30FN5O3. The second-order valence-electron chi connectivity index (χ2n) is 10.6. The summed E-state index contributed by atoms with van der Waals surface area (Å²) in [6.45, 7) is 4.31. The molecule has 1 saturated heterocycles. The third kappa shape index (κ3) is 3.62. The predicted octanol–water partition coefficient (Wildman–Crippen LogP) is 4.23. The zero-order chi connectivity index (χ0) is 25.1. The average molecular weight is 504 g/mol. The molecule has 0 bridgehead atoms. The van der Waals surface area contributed by atoms with Crippen LogP contribution < -0.4 is 15.2 Å². The lowest BCUT2D eigenvalue weighted by Gasteiger charge is -2.26. The highest BCUT2D eigenvalue weighted by Gasteiger charge is 2.50. The van der Waals surface area contributed by atoms with Gasteiger partial charge in [0.2, 0.25) is 5.88 Å².